The number of nitrogens with zero attached hydrogens (tertiary/aromatic N) is 1. The van der Waals surface area contributed by atoms with E-state index in [1.165, 1.54) is 0 Å². The fourth-order valence-corrected chi connectivity index (χ4v) is 1.23. The molecule has 1 atom stereocenters. The van der Waals surface area contributed by atoms with Crippen molar-refractivity contribution in [3.63, 3.8) is 0 Å². The van der Waals surface area contributed by atoms with Crippen LogP contribution in [-0.4, -0.2) is 37.8 Å². The first-order valence-corrected chi connectivity index (χ1v) is 6.76. The summed E-state index contributed by atoms with van der Waals surface area (Å²) in [5.41, 5.74) is 0. The largest absolute Gasteiger partial charge is 0.379 e. The molecule has 0 aromatic carbocycles. The first-order valence-electron chi connectivity index (χ1n) is 6.76. The van der Waals surface area contributed by atoms with Crippen molar-refractivity contribution < 1.29 is 4.74 Å². The SMILES string of the molecule is CCNC(=NCCCOC(C)C)NC(C)CC.I. The van der Waals surface area contributed by atoms with E-state index >= 15 is 0 Å². The van der Waals surface area contributed by atoms with Crippen molar-refractivity contribution in [1.29, 1.82) is 0 Å². The zero-order valence-electron chi connectivity index (χ0n) is 12.5. The van der Waals surface area contributed by atoms with Crippen LogP contribution in [0.2, 0.25) is 0 Å². The minimum absolute atomic E-state index is 0. The highest BCUT2D eigenvalue weighted by Crippen LogP contribution is 1.92. The Morgan fingerprint density at radius 2 is 1.89 bits per heavy atom. The summed E-state index contributed by atoms with van der Waals surface area (Å²) in [5.74, 6) is 0.909. The second-order valence-corrected chi connectivity index (χ2v) is 4.49. The molecule has 0 aromatic heterocycles. The summed E-state index contributed by atoms with van der Waals surface area (Å²) < 4.78 is 5.48. The fraction of sp³-hybridized carbons (Fsp3) is 0.923. The van der Waals surface area contributed by atoms with Crippen LogP contribution in [0.4, 0.5) is 0 Å². The lowest BCUT2D eigenvalue weighted by Crippen LogP contribution is -2.42. The van der Waals surface area contributed by atoms with Gasteiger partial charge in [-0.15, -0.1) is 24.0 Å². The number of halogens is 1. The molecule has 5 heteroatoms. The third-order valence-corrected chi connectivity index (χ3v) is 2.36. The van der Waals surface area contributed by atoms with Crippen molar-refractivity contribution >= 4 is 29.9 Å². The van der Waals surface area contributed by atoms with Gasteiger partial charge in [-0.25, -0.2) is 0 Å². The molecule has 0 aliphatic heterocycles. The van der Waals surface area contributed by atoms with E-state index < -0.39 is 0 Å². The van der Waals surface area contributed by atoms with Gasteiger partial charge in [0, 0.05) is 25.7 Å². The van der Waals surface area contributed by atoms with Crippen LogP contribution < -0.4 is 10.6 Å². The van der Waals surface area contributed by atoms with Crippen LogP contribution >= 0.6 is 24.0 Å². The molecule has 0 aliphatic carbocycles. The number of nitrogens with one attached hydrogen (secondary N) is 2. The van der Waals surface area contributed by atoms with Crippen molar-refractivity contribution in [2.75, 3.05) is 19.7 Å². The van der Waals surface area contributed by atoms with Crippen LogP contribution in [0, 0.1) is 0 Å². The average molecular weight is 371 g/mol. The molecule has 0 bridgehead atoms. The van der Waals surface area contributed by atoms with Gasteiger partial charge in [0.15, 0.2) is 5.96 Å². The van der Waals surface area contributed by atoms with E-state index in [0.717, 1.165) is 38.5 Å². The van der Waals surface area contributed by atoms with Gasteiger partial charge in [0.2, 0.25) is 0 Å². The van der Waals surface area contributed by atoms with Crippen molar-refractivity contribution in [3.05, 3.63) is 0 Å². The van der Waals surface area contributed by atoms with Gasteiger partial charge in [-0.1, -0.05) is 6.92 Å². The van der Waals surface area contributed by atoms with E-state index in [0.29, 0.717) is 12.1 Å². The molecule has 0 heterocycles. The first kappa shape index (κ1) is 20.3. The van der Waals surface area contributed by atoms with Crippen molar-refractivity contribution in [2.45, 2.75) is 59.6 Å². The Kier molecular flexibility index (Phi) is 15.1. The van der Waals surface area contributed by atoms with Gasteiger partial charge in [-0.2, -0.15) is 0 Å². The lowest BCUT2D eigenvalue weighted by molar-refractivity contribution is 0.0782. The van der Waals surface area contributed by atoms with E-state index in [1.54, 1.807) is 0 Å². The highest BCUT2D eigenvalue weighted by molar-refractivity contribution is 14.0. The molecule has 0 saturated carbocycles. The van der Waals surface area contributed by atoms with Crippen LogP contribution in [0.1, 0.15) is 47.5 Å². The van der Waals surface area contributed by atoms with E-state index in [2.05, 4.69) is 50.2 Å². The molecule has 0 fully saturated rings. The molecule has 0 amide bonds. The number of aliphatic imine (C=N–C) groups is 1. The number of hydrogen-bond donors (Lipinski definition) is 2. The van der Waals surface area contributed by atoms with E-state index in [-0.39, 0.29) is 24.0 Å². The summed E-state index contributed by atoms with van der Waals surface area (Å²) in [4.78, 5) is 4.51. The molecule has 18 heavy (non-hydrogen) atoms. The predicted molar refractivity (Wildman–Crippen MR) is 90.0 cm³/mol. The van der Waals surface area contributed by atoms with Gasteiger partial charge in [-0.3, -0.25) is 4.99 Å². The lowest BCUT2D eigenvalue weighted by atomic mass is 10.3. The molecule has 1 unspecified atom stereocenters. The Balaban J connectivity index is 0. The lowest BCUT2D eigenvalue weighted by Gasteiger charge is -2.16. The fourth-order valence-electron chi connectivity index (χ4n) is 1.23. The molecular formula is C13H30IN3O. The predicted octanol–water partition coefficient (Wildman–Crippen LogP) is 2.77. The summed E-state index contributed by atoms with van der Waals surface area (Å²) in [6, 6.07) is 0.458. The standard InChI is InChI=1S/C13H29N3O.HI/c1-6-12(5)16-13(14-7-2)15-9-8-10-17-11(3)4;/h11-12H,6-10H2,1-5H3,(H2,14,15,16);1H. The number of ether oxygens (including phenoxy) is 1. The third-order valence-electron chi connectivity index (χ3n) is 2.36. The maximum absolute atomic E-state index is 5.48. The van der Waals surface area contributed by atoms with E-state index in [9.17, 15) is 0 Å². The third kappa shape index (κ3) is 12.4. The quantitative estimate of drug-likeness (QED) is 0.299. The molecule has 0 rings (SSSR count). The van der Waals surface area contributed by atoms with E-state index in [1.807, 2.05) is 0 Å². The highest BCUT2D eigenvalue weighted by Gasteiger charge is 2.01. The highest BCUT2D eigenvalue weighted by atomic mass is 127. The monoisotopic (exact) mass is 371 g/mol. The molecule has 0 aliphatic rings. The van der Waals surface area contributed by atoms with Gasteiger partial charge in [0.25, 0.3) is 0 Å². The minimum atomic E-state index is 0. The summed E-state index contributed by atoms with van der Waals surface area (Å²) in [6.07, 6.45) is 2.38. The molecule has 2 N–H and O–H groups in total. The average Bonchev–Trinajstić information content (AvgIpc) is 2.28. The number of rotatable bonds is 8. The zero-order chi connectivity index (χ0) is 13.1. The van der Waals surface area contributed by atoms with Gasteiger partial charge < -0.3 is 15.4 Å². The first-order chi connectivity index (χ1) is 8.10. The van der Waals surface area contributed by atoms with Gasteiger partial charge in [-0.05, 0) is 40.5 Å². The van der Waals surface area contributed by atoms with Crippen molar-refractivity contribution in [3.8, 4) is 0 Å². The summed E-state index contributed by atoms with van der Waals surface area (Å²) in [7, 11) is 0. The van der Waals surface area contributed by atoms with E-state index in [4.69, 9.17) is 4.74 Å². The van der Waals surface area contributed by atoms with Crippen LogP contribution in [0.3, 0.4) is 0 Å². The van der Waals surface area contributed by atoms with Crippen LogP contribution in [-0.2, 0) is 4.74 Å². The molecule has 0 radical (unpaired) electrons. The number of hydrogen-bond acceptors (Lipinski definition) is 2. The second-order valence-electron chi connectivity index (χ2n) is 4.49. The maximum Gasteiger partial charge on any atom is 0.191 e. The molecule has 0 saturated heterocycles. The second kappa shape index (κ2) is 13.4. The van der Waals surface area contributed by atoms with Gasteiger partial charge in [0.1, 0.15) is 0 Å². The minimum Gasteiger partial charge on any atom is -0.379 e. The normalized spacial score (nSPS) is 13.1. The smallest absolute Gasteiger partial charge is 0.191 e. The Morgan fingerprint density at radius 3 is 2.39 bits per heavy atom. The molecular weight excluding hydrogens is 341 g/mol. The zero-order valence-corrected chi connectivity index (χ0v) is 14.8. The van der Waals surface area contributed by atoms with Gasteiger partial charge in [0.05, 0.1) is 6.10 Å². The summed E-state index contributed by atoms with van der Waals surface area (Å²) >= 11 is 0. The van der Waals surface area contributed by atoms with Crippen LogP contribution in [0.5, 0.6) is 0 Å². The Bertz CT molecular complexity index is 210. The topological polar surface area (TPSA) is 45.7 Å². The van der Waals surface area contributed by atoms with Crippen molar-refractivity contribution in [2.24, 2.45) is 4.99 Å². The number of guanidine groups is 1. The van der Waals surface area contributed by atoms with Gasteiger partial charge >= 0.3 is 0 Å². The maximum atomic E-state index is 5.48. The van der Waals surface area contributed by atoms with Crippen LogP contribution in [0.25, 0.3) is 0 Å². The molecule has 110 valence electrons. The Hall–Kier alpha value is -0.0400. The summed E-state index contributed by atoms with van der Waals surface area (Å²) in [6.45, 7) is 13.0. The Labute approximate surface area is 129 Å². The molecule has 4 nitrogen and oxygen atoms in total. The molecule has 0 spiro atoms. The summed E-state index contributed by atoms with van der Waals surface area (Å²) in [5, 5.41) is 6.61. The Morgan fingerprint density at radius 1 is 1.22 bits per heavy atom. The van der Waals surface area contributed by atoms with Crippen molar-refractivity contribution in [1.82, 2.24) is 10.6 Å². The molecule has 0 aromatic rings. The van der Waals surface area contributed by atoms with Crippen LogP contribution in [0.15, 0.2) is 4.99 Å².